The summed E-state index contributed by atoms with van der Waals surface area (Å²) in [7, 11) is 1.58. The molecule has 0 aliphatic rings. The van der Waals surface area contributed by atoms with Crippen molar-refractivity contribution in [2.75, 3.05) is 0 Å². The highest BCUT2D eigenvalue weighted by Crippen LogP contribution is 1.63. The second-order valence-corrected chi connectivity index (χ2v) is 2.06. The molecule has 0 aliphatic carbocycles. The Morgan fingerprint density at radius 3 is 2.40 bits per heavy atom. The Morgan fingerprint density at radius 1 is 1.80 bits per heavy atom. The van der Waals surface area contributed by atoms with E-state index in [9.17, 15) is 0 Å². The quantitative estimate of drug-likeness (QED) is 0.348. The lowest BCUT2D eigenvalue weighted by atomic mass is 11.0. The largest absolute Gasteiger partial charge is 0.150 e. The highest BCUT2D eigenvalue weighted by molar-refractivity contribution is 8.14. The molecule has 0 aromatic carbocycles. The predicted molar refractivity (Wildman–Crippen MR) is 34.4 cm³/mol. The average molecular weight is 106 g/mol. The van der Waals surface area contributed by atoms with Crippen molar-refractivity contribution in [1.29, 1.82) is 0 Å². The maximum atomic E-state index is 3.81. The molecule has 0 N–H and O–H groups in total. The Kier molecular flexibility index (Phi) is 4.58. The molecular formula is C3H6S2. The SMILES string of the molecule is CC=S=CS. The van der Waals surface area contributed by atoms with Gasteiger partial charge in [0.25, 0.3) is 0 Å². The molecule has 2 heteroatoms. The minimum atomic E-state index is 1.58. The van der Waals surface area contributed by atoms with E-state index in [1.165, 1.54) is 0 Å². The van der Waals surface area contributed by atoms with Crippen LogP contribution in [-0.2, 0) is 0 Å². The van der Waals surface area contributed by atoms with Crippen molar-refractivity contribution in [2.24, 2.45) is 0 Å². The Bertz CT molecular complexity index is 53.3. The van der Waals surface area contributed by atoms with E-state index in [1.54, 1.807) is 15.6 Å². The second kappa shape index (κ2) is 4.31. The molecular weight excluding hydrogens is 100 g/mol. The molecule has 0 spiro atoms. The standard InChI is InChI=1S/C3H6S2/c1-2-5-3-4/h2-4H,1H3. The fourth-order valence-corrected chi connectivity index (χ4v) is 0.548. The molecule has 0 aliphatic heterocycles. The van der Waals surface area contributed by atoms with Crippen LogP contribution < -0.4 is 0 Å². The molecule has 30 valence electrons. The van der Waals surface area contributed by atoms with Crippen LogP contribution in [0.25, 0.3) is 0 Å². The van der Waals surface area contributed by atoms with Gasteiger partial charge in [-0.25, -0.2) is 0 Å². The van der Waals surface area contributed by atoms with E-state index in [0.29, 0.717) is 0 Å². The summed E-state index contributed by atoms with van der Waals surface area (Å²) in [6.45, 7) is 1.97. The molecule has 0 aromatic rings. The van der Waals surface area contributed by atoms with Crippen LogP contribution >= 0.6 is 23.6 Å². The van der Waals surface area contributed by atoms with Gasteiger partial charge in [0.2, 0.25) is 0 Å². The van der Waals surface area contributed by atoms with Crippen molar-refractivity contribution >= 4 is 33.6 Å². The molecule has 0 rings (SSSR count). The number of rotatable bonds is 0. The lowest BCUT2D eigenvalue weighted by Gasteiger charge is -1.48. The van der Waals surface area contributed by atoms with E-state index in [0.717, 1.165) is 0 Å². The van der Waals surface area contributed by atoms with Crippen molar-refractivity contribution in [3.8, 4) is 0 Å². The van der Waals surface area contributed by atoms with Gasteiger partial charge in [-0.3, -0.25) is 0 Å². The third-order valence-corrected chi connectivity index (χ3v) is 0.956. The molecule has 0 aromatic heterocycles. The van der Waals surface area contributed by atoms with Gasteiger partial charge in [-0.15, -0.1) is 12.6 Å². The minimum absolute atomic E-state index is 1.58. The molecule has 0 nitrogen and oxygen atoms in total. The number of thiol groups is 1. The third kappa shape index (κ3) is 4.31. The summed E-state index contributed by atoms with van der Waals surface area (Å²) < 4.78 is 1.74. The first-order valence-electron chi connectivity index (χ1n) is 1.31. The molecule has 0 saturated heterocycles. The second-order valence-electron chi connectivity index (χ2n) is 0.477. The van der Waals surface area contributed by atoms with E-state index < -0.39 is 0 Å². The van der Waals surface area contributed by atoms with Gasteiger partial charge in [0.05, 0.1) is 0 Å². The zero-order chi connectivity index (χ0) is 4.12. The zero-order valence-corrected chi connectivity index (χ0v) is 4.72. The lowest BCUT2D eigenvalue weighted by Crippen LogP contribution is -1.37. The zero-order valence-electron chi connectivity index (χ0n) is 3.01. The Balaban J connectivity index is 3.26. The molecule has 0 amide bonds. The molecule has 5 heavy (non-hydrogen) atoms. The van der Waals surface area contributed by atoms with Gasteiger partial charge in [0.15, 0.2) is 0 Å². The van der Waals surface area contributed by atoms with Gasteiger partial charge in [0, 0.05) is 4.70 Å². The lowest BCUT2D eigenvalue weighted by molar-refractivity contribution is 2.14. The number of hydrogen-bond acceptors (Lipinski definition) is 0. The van der Waals surface area contributed by atoms with Crippen molar-refractivity contribution < 1.29 is 0 Å². The first-order valence-corrected chi connectivity index (χ1v) is 2.77. The summed E-state index contributed by atoms with van der Waals surface area (Å²) in [5, 5.41) is 1.97. The van der Waals surface area contributed by atoms with Crippen molar-refractivity contribution in [1.82, 2.24) is 0 Å². The summed E-state index contributed by atoms with van der Waals surface area (Å²) >= 11 is 3.81. The van der Waals surface area contributed by atoms with Crippen LogP contribution in [0.1, 0.15) is 6.92 Å². The average Bonchev–Trinajstić information content (AvgIpc) is 1.41. The summed E-state index contributed by atoms with van der Waals surface area (Å²) in [6.07, 6.45) is 0. The summed E-state index contributed by atoms with van der Waals surface area (Å²) in [6, 6.07) is 0. The molecule has 0 saturated carbocycles. The van der Waals surface area contributed by atoms with Crippen molar-refractivity contribution in [3.63, 3.8) is 0 Å². The van der Waals surface area contributed by atoms with Gasteiger partial charge in [-0.05, 0) is 12.3 Å². The van der Waals surface area contributed by atoms with E-state index in [-0.39, 0.29) is 0 Å². The maximum Gasteiger partial charge on any atom is 0.0199 e. The van der Waals surface area contributed by atoms with Crippen LogP contribution in [-0.4, -0.2) is 10.1 Å². The Hall–Kier alpha value is 0.310. The van der Waals surface area contributed by atoms with Crippen molar-refractivity contribution in [3.05, 3.63) is 0 Å². The summed E-state index contributed by atoms with van der Waals surface area (Å²) in [4.78, 5) is 0. The normalized spacial score (nSPS) is 6.00. The van der Waals surface area contributed by atoms with E-state index in [1.807, 2.05) is 12.3 Å². The van der Waals surface area contributed by atoms with Gasteiger partial charge in [-0.2, -0.15) is 10.9 Å². The van der Waals surface area contributed by atoms with E-state index >= 15 is 0 Å². The maximum absolute atomic E-state index is 3.81. The predicted octanol–water partition coefficient (Wildman–Crippen LogP) is 1.23. The van der Waals surface area contributed by atoms with Crippen LogP contribution in [0.3, 0.4) is 0 Å². The third-order valence-electron chi connectivity index (χ3n) is 0.197. The summed E-state index contributed by atoms with van der Waals surface area (Å²) in [5.74, 6) is 0. The molecule has 0 radical (unpaired) electrons. The topological polar surface area (TPSA) is 0 Å². The number of hydrogen-bond donors (Lipinski definition) is 1. The van der Waals surface area contributed by atoms with Gasteiger partial charge in [-0.1, -0.05) is 0 Å². The monoisotopic (exact) mass is 106 g/mol. The van der Waals surface area contributed by atoms with Crippen LogP contribution in [0.2, 0.25) is 0 Å². The molecule has 0 fully saturated rings. The highest BCUT2D eigenvalue weighted by Gasteiger charge is 1.35. The first-order chi connectivity index (χ1) is 2.41. The van der Waals surface area contributed by atoms with E-state index in [2.05, 4.69) is 12.6 Å². The Morgan fingerprint density at radius 2 is 2.40 bits per heavy atom. The van der Waals surface area contributed by atoms with Crippen LogP contribution in [0.5, 0.6) is 0 Å². The van der Waals surface area contributed by atoms with E-state index in [4.69, 9.17) is 0 Å². The fraction of sp³-hybridized carbons (Fsp3) is 0.333. The fourth-order valence-electron chi connectivity index (χ4n) is 0.0609. The Labute approximate surface area is 41.2 Å². The smallest absolute Gasteiger partial charge is 0.0199 e. The van der Waals surface area contributed by atoms with Crippen LogP contribution in [0, 0.1) is 0 Å². The molecule has 0 atom stereocenters. The molecule has 0 unspecified atom stereocenters. The molecule has 0 bridgehead atoms. The van der Waals surface area contributed by atoms with Gasteiger partial charge in [0.1, 0.15) is 0 Å². The van der Waals surface area contributed by atoms with Crippen LogP contribution in [0.15, 0.2) is 0 Å². The van der Waals surface area contributed by atoms with Crippen LogP contribution in [0.4, 0.5) is 0 Å². The van der Waals surface area contributed by atoms with Crippen molar-refractivity contribution in [2.45, 2.75) is 6.92 Å². The highest BCUT2D eigenvalue weighted by atomic mass is 32.2. The minimum Gasteiger partial charge on any atom is -0.150 e. The summed E-state index contributed by atoms with van der Waals surface area (Å²) in [5.41, 5.74) is 0. The van der Waals surface area contributed by atoms with Gasteiger partial charge >= 0.3 is 0 Å². The first kappa shape index (κ1) is 5.31. The molecule has 0 heterocycles. The van der Waals surface area contributed by atoms with Gasteiger partial charge < -0.3 is 0 Å².